The summed E-state index contributed by atoms with van der Waals surface area (Å²) >= 11 is 3.68. The van der Waals surface area contributed by atoms with Crippen LogP contribution in [0, 0.1) is 13.8 Å². The molecule has 0 saturated heterocycles. The highest BCUT2D eigenvalue weighted by atomic mass is 79.9. The molecule has 2 aromatic rings. The van der Waals surface area contributed by atoms with Crippen molar-refractivity contribution in [3.8, 4) is 0 Å². The molecule has 3 heteroatoms. The first-order valence-corrected chi connectivity index (χ1v) is 7.68. The average molecular weight is 324 g/mol. The number of hydrogen-bond acceptors (Lipinski definition) is 2. The summed E-state index contributed by atoms with van der Waals surface area (Å²) in [6.45, 7) is 11.6. The number of aryl methyl sites for hydroxylation is 3. The summed E-state index contributed by atoms with van der Waals surface area (Å²) in [6, 6.07) is 2.59. The van der Waals surface area contributed by atoms with E-state index in [0.717, 1.165) is 24.3 Å². The van der Waals surface area contributed by atoms with Gasteiger partial charge in [0.2, 0.25) is 0 Å². The molecule has 0 saturated carbocycles. The van der Waals surface area contributed by atoms with Crippen LogP contribution in [0.1, 0.15) is 43.2 Å². The number of nitrogens with one attached hydrogen (secondary N) is 1. The molecule has 0 fully saturated rings. The quantitative estimate of drug-likeness (QED) is 0.868. The summed E-state index contributed by atoms with van der Waals surface area (Å²) in [4.78, 5) is 0. The molecular weight excluding hydrogens is 302 g/mol. The molecule has 2 rings (SSSR count). The van der Waals surface area contributed by atoms with E-state index in [4.69, 9.17) is 4.42 Å². The Morgan fingerprint density at radius 3 is 2.58 bits per heavy atom. The lowest BCUT2D eigenvalue weighted by atomic mass is 10.0. The minimum atomic E-state index is 0.465. The molecule has 2 nitrogen and oxygen atoms in total. The van der Waals surface area contributed by atoms with E-state index in [1.54, 1.807) is 0 Å². The van der Waals surface area contributed by atoms with Crippen LogP contribution in [0.5, 0.6) is 0 Å². The number of halogens is 1. The summed E-state index contributed by atoms with van der Waals surface area (Å²) in [7, 11) is 0. The van der Waals surface area contributed by atoms with Crippen molar-refractivity contribution in [2.75, 3.05) is 0 Å². The van der Waals surface area contributed by atoms with Gasteiger partial charge >= 0.3 is 0 Å². The predicted molar refractivity (Wildman–Crippen MR) is 84.7 cm³/mol. The molecule has 0 spiro atoms. The van der Waals surface area contributed by atoms with Crippen LogP contribution in [0.2, 0.25) is 0 Å². The highest BCUT2D eigenvalue weighted by molar-refractivity contribution is 9.10. The van der Waals surface area contributed by atoms with E-state index in [2.05, 4.69) is 61.9 Å². The van der Waals surface area contributed by atoms with Crippen LogP contribution in [-0.2, 0) is 13.0 Å². The highest BCUT2D eigenvalue weighted by Gasteiger charge is 2.17. The third-order valence-electron chi connectivity index (χ3n) is 3.54. The maximum absolute atomic E-state index is 6.07. The number of benzene rings is 1. The zero-order valence-corrected chi connectivity index (χ0v) is 13.9. The standard InChI is InChI=1S/C16H22BrNO/c1-6-12-14(8-18-9(2)3)19-13-7-10(4)16(17)11(5)15(12)13/h7,9,18H,6,8H2,1-5H3. The lowest BCUT2D eigenvalue weighted by Gasteiger charge is -2.07. The maximum atomic E-state index is 6.07. The number of fused-ring (bicyclic) bond motifs is 1. The zero-order chi connectivity index (χ0) is 14.2. The van der Waals surface area contributed by atoms with Crippen molar-refractivity contribution in [2.24, 2.45) is 0 Å². The smallest absolute Gasteiger partial charge is 0.135 e. The van der Waals surface area contributed by atoms with Gasteiger partial charge in [0.1, 0.15) is 11.3 Å². The SMILES string of the molecule is CCc1c(CNC(C)C)oc2cc(C)c(Br)c(C)c12. The summed E-state index contributed by atoms with van der Waals surface area (Å²) in [5.74, 6) is 1.08. The van der Waals surface area contributed by atoms with E-state index < -0.39 is 0 Å². The van der Waals surface area contributed by atoms with Crippen LogP contribution >= 0.6 is 15.9 Å². The van der Waals surface area contributed by atoms with Gasteiger partial charge in [0.05, 0.1) is 6.54 Å². The van der Waals surface area contributed by atoms with Crippen LogP contribution in [0.4, 0.5) is 0 Å². The first kappa shape index (κ1) is 14.6. The Hall–Kier alpha value is -0.800. The Labute approximate surface area is 123 Å². The monoisotopic (exact) mass is 323 g/mol. The second-order valence-electron chi connectivity index (χ2n) is 5.40. The minimum Gasteiger partial charge on any atom is -0.459 e. The molecular formula is C16H22BrNO. The van der Waals surface area contributed by atoms with Crippen LogP contribution in [-0.4, -0.2) is 6.04 Å². The molecule has 1 N–H and O–H groups in total. The molecule has 19 heavy (non-hydrogen) atoms. The van der Waals surface area contributed by atoms with Gasteiger partial charge in [-0.15, -0.1) is 0 Å². The molecule has 1 aromatic carbocycles. The fraction of sp³-hybridized carbons (Fsp3) is 0.500. The largest absolute Gasteiger partial charge is 0.459 e. The lowest BCUT2D eigenvalue weighted by molar-refractivity contribution is 0.483. The first-order chi connectivity index (χ1) is 8.95. The van der Waals surface area contributed by atoms with Gasteiger partial charge < -0.3 is 9.73 Å². The molecule has 1 heterocycles. The Balaban J connectivity index is 2.58. The van der Waals surface area contributed by atoms with Crippen molar-refractivity contribution < 1.29 is 4.42 Å². The fourth-order valence-corrected chi connectivity index (χ4v) is 2.84. The molecule has 0 aliphatic carbocycles. The van der Waals surface area contributed by atoms with E-state index in [-0.39, 0.29) is 0 Å². The van der Waals surface area contributed by atoms with Gasteiger partial charge in [-0.3, -0.25) is 0 Å². The Morgan fingerprint density at radius 1 is 1.32 bits per heavy atom. The molecule has 0 aliphatic heterocycles. The van der Waals surface area contributed by atoms with Crippen LogP contribution in [0.25, 0.3) is 11.0 Å². The Bertz CT molecular complexity index is 599. The molecule has 0 radical (unpaired) electrons. The van der Waals surface area contributed by atoms with Gasteiger partial charge in [-0.1, -0.05) is 36.7 Å². The molecule has 0 bridgehead atoms. The first-order valence-electron chi connectivity index (χ1n) is 6.89. The van der Waals surface area contributed by atoms with Crippen molar-refractivity contribution in [1.82, 2.24) is 5.32 Å². The third-order valence-corrected chi connectivity index (χ3v) is 4.76. The van der Waals surface area contributed by atoms with E-state index in [0.29, 0.717) is 6.04 Å². The van der Waals surface area contributed by atoms with E-state index in [1.807, 2.05) is 0 Å². The van der Waals surface area contributed by atoms with Gasteiger partial charge in [0.25, 0.3) is 0 Å². The fourth-order valence-electron chi connectivity index (χ4n) is 2.53. The Kier molecular flexibility index (Phi) is 4.36. The van der Waals surface area contributed by atoms with E-state index in [9.17, 15) is 0 Å². The lowest BCUT2D eigenvalue weighted by Crippen LogP contribution is -2.22. The average Bonchev–Trinajstić information content (AvgIpc) is 2.71. The van der Waals surface area contributed by atoms with Crippen molar-refractivity contribution >= 4 is 26.9 Å². The van der Waals surface area contributed by atoms with Crippen molar-refractivity contribution in [3.63, 3.8) is 0 Å². The number of furan rings is 1. The van der Waals surface area contributed by atoms with Crippen LogP contribution in [0.15, 0.2) is 15.0 Å². The molecule has 0 amide bonds. The van der Waals surface area contributed by atoms with Crippen molar-refractivity contribution in [2.45, 2.75) is 53.6 Å². The van der Waals surface area contributed by atoms with E-state index in [1.165, 1.54) is 26.5 Å². The summed E-state index contributed by atoms with van der Waals surface area (Å²) < 4.78 is 7.27. The molecule has 1 aromatic heterocycles. The Morgan fingerprint density at radius 2 is 2.00 bits per heavy atom. The zero-order valence-electron chi connectivity index (χ0n) is 12.4. The van der Waals surface area contributed by atoms with Gasteiger partial charge in [-0.25, -0.2) is 0 Å². The van der Waals surface area contributed by atoms with Crippen LogP contribution < -0.4 is 5.32 Å². The second-order valence-corrected chi connectivity index (χ2v) is 6.19. The topological polar surface area (TPSA) is 25.2 Å². The van der Waals surface area contributed by atoms with Crippen molar-refractivity contribution in [1.29, 1.82) is 0 Å². The molecule has 0 aliphatic rings. The van der Waals surface area contributed by atoms with Crippen molar-refractivity contribution in [3.05, 3.63) is 33.0 Å². The number of rotatable bonds is 4. The summed E-state index contributed by atoms with van der Waals surface area (Å²) in [6.07, 6.45) is 0.998. The highest BCUT2D eigenvalue weighted by Crippen LogP contribution is 2.35. The van der Waals surface area contributed by atoms with Gasteiger partial charge in [-0.05, 0) is 37.5 Å². The maximum Gasteiger partial charge on any atom is 0.135 e. The molecule has 0 atom stereocenters. The van der Waals surface area contributed by atoms with Gasteiger partial charge in [0, 0.05) is 21.5 Å². The molecule has 104 valence electrons. The van der Waals surface area contributed by atoms with E-state index >= 15 is 0 Å². The van der Waals surface area contributed by atoms with Gasteiger partial charge in [-0.2, -0.15) is 0 Å². The second kappa shape index (κ2) is 5.68. The molecule has 0 unspecified atom stereocenters. The van der Waals surface area contributed by atoms with Crippen LogP contribution in [0.3, 0.4) is 0 Å². The summed E-state index contributed by atoms with van der Waals surface area (Å²) in [5.41, 5.74) is 4.85. The normalized spacial score (nSPS) is 11.7. The third kappa shape index (κ3) is 2.72. The number of hydrogen-bond donors (Lipinski definition) is 1. The predicted octanol–water partition coefficient (Wildman–Crippen LogP) is 4.87. The van der Waals surface area contributed by atoms with Gasteiger partial charge in [0.15, 0.2) is 0 Å². The minimum absolute atomic E-state index is 0.465. The summed E-state index contributed by atoms with van der Waals surface area (Å²) in [5, 5.41) is 4.72.